The van der Waals surface area contributed by atoms with Crippen molar-refractivity contribution in [2.45, 2.75) is 19.3 Å². The van der Waals surface area contributed by atoms with Crippen LogP contribution in [0.1, 0.15) is 18.4 Å². The number of nitrogens with two attached hydrogens (primary N) is 1. The largest absolute Gasteiger partial charge is 0.508 e. The molecule has 1 aliphatic carbocycles. The van der Waals surface area contributed by atoms with Gasteiger partial charge in [0.1, 0.15) is 5.75 Å². The summed E-state index contributed by atoms with van der Waals surface area (Å²) in [6, 6.07) is 12.0. The normalized spacial score (nSPS) is 17.2. The number of fused-ring (bicyclic) bond motifs is 1. The zero-order chi connectivity index (χ0) is 11.9. The highest BCUT2D eigenvalue weighted by Crippen LogP contribution is 2.49. The highest BCUT2D eigenvalue weighted by atomic mass is 16.3. The van der Waals surface area contributed by atoms with Gasteiger partial charge in [0.05, 0.1) is 0 Å². The lowest BCUT2D eigenvalue weighted by molar-refractivity contribution is 0.452. The Morgan fingerprint density at radius 2 is 1.88 bits per heavy atom. The van der Waals surface area contributed by atoms with Gasteiger partial charge in [0, 0.05) is 5.56 Å². The standard InChI is InChI=1S/C15H17NO/c16-10-15(7-8-15)9-13-12-4-2-1-3-11(12)5-6-14(13)17/h1-6,17H,7-10,16H2. The summed E-state index contributed by atoms with van der Waals surface area (Å²) in [6.07, 6.45) is 3.27. The van der Waals surface area contributed by atoms with Crippen LogP contribution >= 0.6 is 0 Å². The van der Waals surface area contributed by atoms with Crippen molar-refractivity contribution in [2.75, 3.05) is 6.54 Å². The van der Waals surface area contributed by atoms with Gasteiger partial charge in [-0.1, -0.05) is 30.3 Å². The molecule has 2 heteroatoms. The molecule has 0 radical (unpaired) electrons. The monoisotopic (exact) mass is 227 g/mol. The van der Waals surface area contributed by atoms with E-state index in [1.807, 2.05) is 18.2 Å². The molecule has 0 aromatic heterocycles. The predicted octanol–water partition coefficient (Wildman–Crippen LogP) is 2.83. The summed E-state index contributed by atoms with van der Waals surface area (Å²) >= 11 is 0. The number of phenols is 1. The Kier molecular flexibility index (Phi) is 2.33. The molecular weight excluding hydrogens is 210 g/mol. The second-order valence-corrected chi connectivity index (χ2v) is 5.17. The highest BCUT2D eigenvalue weighted by Gasteiger charge is 2.41. The summed E-state index contributed by atoms with van der Waals surface area (Å²) in [5.41, 5.74) is 7.14. The molecule has 0 atom stereocenters. The van der Waals surface area contributed by atoms with Crippen molar-refractivity contribution in [1.29, 1.82) is 0 Å². The quantitative estimate of drug-likeness (QED) is 0.847. The fourth-order valence-electron chi connectivity index (χ4n) is 2.52. The maximum absolute atomic E-state index is 10.1. The van der Waals surface area contributed by atoms with E-state index in [2.05, 4.69) is 12.1 Å². The van der Waals surface area contributed by atoms with Gasteiger partial charge in [-0.3, -0.25) is 0 Å². The van der Waals surface area contributed by atoms with Gasteiger partial charge in [-0.2, -0.15) is 0 Å². The molecule has 0 saturated heterocycles. The molecule has 1 aliphatic rings. The third-order valence-corrected chi connectivity index (χ3v) is 3.96. The number of aromatic hydroxyl groups is 1. The van der Waals surface area contributed by atoms with Crippen LogP contribution in [0.25, 0.3) is 10.8 Å². The van der Waals surface area contributed by atoms with Crippen LogP contribution in [0.15, 0.2) is 36.4 Å². The second-order valence-electron chi connectivity index (χ2n) is 5.17. The first kappa shape index (κ1) is 10.6. The molecule has 2 nitrogen and oxygen atoms in total. The molecule has 1 fully saturated rings. The van der Waals surface area contributed by atoms with Gasteiger partial charge >= 0.3 is 0 Å². The van der Waals surface area contributed by atoms with Gasteiger partial charge in [-0.05, 0) is 48.1 Å². The van der Waals surface area contributed by atoms with E-state index in [9.17, 15) is 5.11 Å². The topological polar surface area (TPSA) is 46.2 Å². The highest BCUT2D eigenvalue weighted by molar-refractivity contribution is 5.87. The Morgan fingerprint density at radius 3 is 2.59 bits per heavy atom. The maximum atomic E-state index is 10.1. The Morgan fingerprint density at radius 1 is 1.12 bits per heavy atom. The number of hydrogen-bond acceptors (Lipinski definition) is 2. The summed E-state index contributed by atoms with van der Waals surface area (Å²) in [5, 5.41) is 12.4. The molecule has 0 bridgehead atoms. The minimum absolute atomic E-state index is 0.252. The van der Waals surface area contributed by atoms with Crippen molar-refractivity contribution in [3.63, 3.8) is 0 Å². The molecule has 0 amide bonds. The van der Waals surface area contributed by atoms with E-state index in [4.69, 9.17) is 5.73 Å². The third kappa shape index (κ3) is 1.79. The summed E-state index contributed by atoms with van der Waals surface area (Å²) in [7, 11) is 0. The van der Waals surface area contributed by atoms with Gasteiger partial charge < -0.3 is 10.8 Å². The number of hydrogen-bond donors (Lipinski definition) is 2. The number of phenolic OH excluding ortho intramolecular Hbond substituents is 1. The zero-order valence-corrected chi connectivity index (χ0v) is 9.82. The molecule has 2 aromatic rings. The van der Waals surface area contributed by atoms with Crippen LogP contribution in [-0.2, 0) is 6.42 Å². The molecule has 0 unspecified atom stereocenters. The first-order valence-corrected chi connectivity index (χ1v) is 6.14. The molecule has 0 aliphatic heterocycles. The molecule has 17 heavy (non-hydrogen) atoms. The smallest absolute Gasteiger partial charge is 0.119 e. The number of rotatable bonds is 3. The molecule has 88 valence electrons. The van der Waals surface area contributed by atoms with E-state index in [-0.39, 0.29) is 5.41 Å². The zero-order valence-electron chi connectivity index (χ0n) is 9.82. The van der Waals surface area contributed by atoms with Gasteiger partial charge in [0.25, 0.3) is 0 Å². The Labute approximate surface area is 101 Å². The van der Waals surface area contributed by atoms with Crippen molar-refractivity contribution in [1.82, 2.24) is 0 Å². The third-order valence-electron chi connectivity index (χ3n) is 3.96. The summed E-state index contributed by atoms with van der Waals surface area (Å²) < 4.78 is 0. The van der Waals surface area contributed by atoms with Crippen LogP contribution < -0.4 is 5.73 Å². The minimum Gasteiger partial charge on any atom is -0.508 e. The van der Waals surface area contributed by atoms with Gasteiger partial charge in [0.2, 0.25) is 0 Å². The molecule has 0 spiro atoms. The predicted molar refractivity (Wildman–Crippen MR) is 70.0 cm³/mol. The Balaban J connectivity index is 2.10. The van der Waals surface area contributed by atoms with Crippen LogP contribution in [0.2, 0.25) is 0 Å². The fourth-order valence-corrected chi connectivity index (χ4v) is 2.52. The molecule has 2 aromatic carbocycles. The Bertz CT molecular complexity index is 558. The van der Waals surface area contributed by atoms with Crippen molar-refractivity contribution in [3.8, 4) is 5.75 Å². The minimum atomic E-state index is 0.252. The van der Waals surface area contributed by atoms with Crippen molar-refractivity contribution in [2.24, 2.45) is 11.1 Å². The first-order valence-electron chi connectivity index (χ1n) is 6.14. The lowest BCUT2D eigenvalue weighted by Gasteiger charge is -2.15. The average Bonchev–Trinajstić information content (AvgIpc) is 3.14. The van der Waals surface area contributed by atoms with E-state index >= 15 is 0 Å². The van der Waals surface area contributed by atoms with Crippen molar-refractivity contribution >= 4 is 10.8 Å². The van der Waals surface area contributed by atoms with Crippen LogP contribution in [0.4, 0.5) is 0 Å². The van der Waals surface area contributed by atoms with Crippen LogP contribution in [-0.4, -0.2) is 11.7 Å². The molecule has 0 heterocycles. The fraction of sp³-hybridized carbons (Fsp3) is 0.333. The van der Waals surface area contributed by atoms with Crippen molar-refractivity contribution in [3.05, 3.63) is 42.0 Å². The number of benzene rings is 2. The van der Waals surface area contributed by atoms with E-state index in [1.54, 1.807) is 6.07 Å². The summed E-state index contributed by atoms with van der Waals surface area (Å²) in [4.78, 5) is 0. The van der Waals surface area contributed by atoms with E-state index in [0.29, 0.717) is 5.75 Å². The van der Waals surface area contributed by atoms with Crippen molar-refractivity contribution < 1.29 is 5.11 Å². The SMILES string of the molecule is NCC1(Cc2c(O)ccc3ccccc23)CC1. The maximum Gasteiger partial charge on any atom is 0.119 e. The van der Waals surface area contributed by atoms with Crippen LogP contribution in [0.3, 0.4) is 0 Å². The van der Waals surface area contributed by atoms with E-state index < -0.39 is 0 Å². The molecule has 1 saturated carbocycles. The van der Waals surface area contributed by atoms with Crippen LogP contribution in [0, 0.1) is 5.41 Å². The average molecular weight is 227 g/mol. The molecular formula is C15H17NO. The van der Waals surface area contributed by atoms with Gasteiger partial charge in [-0.15, -0.1) is 0 Å². The molecule has 3 N–H and O–H groups in total. The summed E-state index contributed by atoms with van der Waals surface area (Å²) in [6.45, 7) is 0.718. The lowest BCUT2D eigenvalue weighted by atomic mass is 9.92. The molecule has 3 rings (SSSR count). The van der Waals surface area contributed by atoms with Gasteiger partial charge in [-0.25, -0.2) is 0 Å². The van der Waals surface area contributed by atoms with Crippen LogP contribution in [0.5, 0.6) is 5.75 Å². The summed E-state index contributed by atoms with van der Waals surface area (Å²) in [5.74, 6) is 0.406. The second kappa shape index (κ2) is 3.74. The lowest BCUT2D eigenvalue weighted by Crippen LogP contribution is -2.18. The first-order chi connectivity index (χ1) is 8.24. The van der Waals surface area contributed by atoms with E-state index in [1.165, 1.54) is 18.2 Å². The van der Waals surface area contributed by atoms with E-state index in [0.717, 1.165) is 23.9 Å². The Hall–Kier alpha value is -1.54. The van der Waals surface area contributed by atoms with Gasteiger partial charge in [0.15, 0.2) is 0 Å².